The monoisotopic (exact) mass is 508 g/mol. The van der Waals surface area contributed by atoms with Gasteiger partial charge in [0.2, 0.25) is 0 Å². The number of fused-ring (bicyclic) bond motifs is 1. The van der Waals surface area contributed by atoms with Crippen LogP contribution in [-0.2, 0) is 25.2 Å². The number of methoxy groups -OCH3 is 1. The van der Waals surface area contributed by atoms with E-state index in [-0.39, 0.29) is 18.3 Å². The molecule has 1 aromatic carbocycles. The zero-order valence-corrected chi connectivity index (χ0v) is 24.5. The maximum absolute atomic E-state index is 11.7. The molecule has 35 heavy (non-hydrogen) atoms. The van der Waals surface area contributed by atoms with Gasteiger partial charge in [0.1, 0.15) is 17.5 Å². The number of hydrogen-bond acceptors (Lipinski definition) is 6. The van der Waals surface area contributed by atoms with E-state index < -0.39 is 25.6 Å². The Morgan fingerprint density at radius 2 is 1.54 bits per heavy atom. The molecular formula is C28H48O6Si. The first-order valence-electron chi connectivity index (χ1n) is 13.3. The van der Waals surface area contributed by atoms with Crippen LogP contribution in [0.4, 0.5) is 0 Å². The molecule has 0 bridgehead atoms. The van der Waals surface area contributed by atoms with E-state index in [1.54, 1.807) is 7.11 Å². The zero-order valence-electron chi connectivity index (χ0n) is 23.5. The van der Waals surface area contributed by atoms with Gasteiger partial charge in [0.05, 0.1) is 37.9 Å². The summed E-state index contributed by atoms with van der Waals surface area (Å²) in [6.45, 7) is 20.5. The summed E-state index contributed by atoms with van der Waals surface area (Å²) in [6.07, 6.45) is -0.833. The molecule has 6 nitrogen and oxygen atoms in total. The predicted octanol–water partition coefficient (Wildman–Crippen LogP) is 6.06. The molecule has 2 aliphatic heterocycles. The standard InChI is InChI=1S/C28H48O6Si/c1-11-24-28(9,29)27(8)25(31-16-21-12-14-22(30-10)15-13-21)23(33-26(27)34-24)17-32-35(18(2)3,19(4)5)20(6)7/h12-15,18-20,23-26,29H,11,16-17H2,1-10H3/t23-,24-,25+,26+,27+,28+/m1/s1. The molecule has 0 radical (unpaired) electrons. The molecule has 3 rings (SSSR count). The summed E-state index contributed by atoms with van der Waals surface area (Å²) in [5, 5.41) is 11.7. The first-order valence-corrected chi connectivity index (χ1v) is 15.4. The van der Waals surface area contributed by atoms with E-state index in [4.69, 9.17) is 23.4 Å². The minimum absolute atomic E-state index is 0.304. The lowest BCUT2D eigenvalue weighted by atomic mass is 9.69. The van der Waals surface area contributed by atoms with Crippen molar-refractivity contribution in [2.45, 2.75) is 122 Å². The van der Waals surface area contributed by atoms with Crippen molar-refractivity contribution in [1.82, 2.24) is 0 Å². The van der Waals surface area contributed by atoms with E-state index in [9.17, 15) is 5.11 Å². The van der Waals surface area contributed by atoms with Crippen molar-refractivity contribution in [2.75, 3.05) is 13.7 Å². The second-order valence-corrected chi connectivity index (χ2v) is 17.1. The average Bonchev–Trinajstić information content (AvgIpc) is 3.17. The quantitative estimate of drug-likeness (QED) is 0.366. The van der Waals surface area contributed by atoms with Crippen molar-refractivity contribution in [1.29, 1.82) is 0 Å². The summed E-state index contributed by atoms with van der Waals surface area (Å²) in [7, 11) is -0.431. The molecule has 0 spiro atoms. The number of aliphatic hydroxyl groups is 1. The lowest BCUT2D eigenvalue weighted by Crippen LogP contribution is -2.56. The number of ether oxygens (including phenoxy) is 4. The van der Waals surface area contributed by atoms with Crippen molar-refractivity contribution in [3.63, 3.8) is 0 Å². The van der Waals surface area contributed by atoms with E-state index in [2.05, 4.69) is 41.5 Å². The molecule has 2 fully saturated rings. The smallest absolute Gasteiger partial charge is 0.200 e. The van der Waals surface area contributed by atoms with Crippen LogP contribution in [0.1, 0.15) is 74.3 Å². The maximum Gasteiger partial charge on any atom is 0.200 e. The highest BCUT2D eigenvalue weighted by Gasteiger charge is 2.70. The summed E-state index contributed by atoms with van der Waals surface area (Å²) in [6, 6.07) is 7.88. The lowest BCUT2D eigenvalue weighted by Gasteiger charge is -2.44. The Morgan fingerprint density at radius 1 is 0.971 bits per heavy atom. The molecule has 2 heterocycles. The highest BCUT2D eigenvalue weighted by atomic mass is 28.4. The van der Waals surface area contributed by atoms with Crippen molar-refractivity contribution in [3.8, 4) is 5.75 Å². The van der Waals surface area contributed by atoms with Crippen molar-refractivity contribution < 1.29 is 28.5 Å². The van der Waals surface area contributed by atoms with Gasteiger partial charge in [-0.15, -0.1) is 0 Å². The third-order valence-corrected chi connectivity index (χ3v) is 15.0. The minimum atomic E-state index is -2.09. The van der Waals surface area contributed by atoms with Crippen LogP contribution in [0.3, 0.4) is 0 Å². The van der Waals surface area contributed by atoms with Gasteiger partial charge in [-0.2, -0.15) is 0 Å². The van der Waals surface area contributed by atoms with E-state index in [0.717, 1.165) is 11.3 Å². The molecule has 1 N–H and O–H groups in total. The van der Waals surface area contributed by atoms with Gasteiger partial charge in [0.15, 0.2) is 14.6 Å². The second kappa shape index (κ2) is 10.8. The van der Waals surface area contributed by atoms with Crippen molar-refractivity contribution in [2.24, 2.45) is 5.41 Å². The van der Waals surface area contributed by atoms with Gasteiger partial charge in [-0.3, -0.25) is 0 Å². The van der Waals surface area contributed by atoms with Crippen LogP contribution in [-0.4, -0.2) is 57.3 Å². The van der Waals surface area contributed by atoms with Gasteiger partial charge in [0, 0.05) is 0 Å². The molecule has 1 aromatic rings. The Kier molecular flexibility index (Phi) is 8.83. The Hall–Kier alpha value is -0.963. The van der Waals surface area contributed by atoms with Crippen LogP contribution in [0.15, 0.2) is 24.3 Å². The molecule has 0 unspecified atom stereocenters. The molecule has 0 amide bonds. The van der Waals surface area contributed by atoms with Gasteiger partial charge in [-0.1, -0.05) is 60.6 Å². The number of rotatable bonds is 11. The summed E-state index contributed by atoms with van der Waals surface area (Å²) < 4.78 is 31.6. The van der Waals surface area contributed by atoms with Gasteiger partial charge in [0.25, 0.3) is 0 Å². The number of benzene rings is 1. The fraction of sp³-hybridized carbons (Fsp3) is 0.786. The molecule has 0 aliphatic carbocycles. The predicted molar refractivity (Wildman–Crippen MR) is 141 cm³/mol. The third-order valence-electron chi connectivity index (χ3n) is 8.89. The largest absolute Gasteiger partial charge is 0.497 e. The normalized spacial score (nSPS) is 33.2. The first-order chi connectivity index (χ1) is 16.4. The lowest BCUT2D eigenvalue weighted by molar-refractivity contribution is -0.164. The molecule has 200 valence electrons. The summed E-state index contributed by atoms with van der Waals surface area (Å²) in [5.74, 6) is 0.812. The molecular weight excluding hydrogens is 460 g/mol. The Balaban J connectivity index is 1.88. The van der Waals surface area contributed by atoms with Gasteiger partial charge >= 0.3 is 0 Å². The molecule has 7 heteroatoms. The van der Waals surface area contributed by atoms with E-state index in [1.807, 2.05) is 45.0 Å². The first kappa shape index (κ1) is 28.6. The van der Waals surface area contributed by atoms with Gasteiger partial charge in [-0.05, 0) is 54.6 Å². The molecule has 0 saturated carbocycles. The van der Waals surface area contributed by atoms with Gasteiger partial charge in [-0.25, -0.2) is 0 Å². The van der Waals surface area contributed by atoms with Crippen LogP contribution < -0.4 is 4.74 Å². The average molecular weight is 509 g/mol. The van der Waals surface area contributed by atoms with E-state index in [1.165, 1.54) is 0 Å². The van der Waals surface area contributed by atoms with E-state index >= 15 is 0 Å². The highest BCUT2D eigenvalue weighted by molar-refractivity contribution is 6.77. The molecule has 0 aromatic heterocycles. The van der Waals surface area contributed by atoms with Crippen LogP contribution in [0.5, 0.6) is 5.75 Å². The Labute approximate surface area is 213 Å². The highest BCUT2D eigenvalue weighted by Crippen LogP contribution is 2.56. The SMILES string of the molecule is CC[C@H]1O[C@@H]2O[C@H](CO[Si](C(C)C)(C(C)C)C(C)C)[C@H](OCc3ccc(OC)cc3)[C@]2(C)[C@@]1(C)O. The van der Waals surface area contributed by atoms with Crippen LogP contribution in [0.2, 0.25) is 16.6 Å². The second-order valence-electron chi connectivity index (χ2n) is 11.7. The topological polar surface area (TPSA) is 66.4 Å². The fourth-order valence-corrected chi connectivity index (χ4v) is 12.2. The van der Waals surface area contributed by atoms with E-state index in [0.29, 0.717) is 36.3 Å². The molecule has 2 aliphatic rings. The maximum atomic E-state index is 11.7. The van der Waals surface area contributed by atoms with Crippen molar-refractivity contribution >= 4 is 8.32 Å². The Bertz CT molecular complexity index is 801. The van der Waals surface area contributed by atoms with Crippen LogP contribution in [0.25, 0.3) is 0 Å². The van der Waals surface area contributed by atoms with Crippen molar-refractivity contribution in [3.05, 3.63) is 29.8 Å². The Morgan fingerprint density at radius 3 is 2.03 bits per heavy atom. The number of hydrogen-bond donors (Lipinski definition) is 1. The summed E-state index contributed by atoms with van der Waals surface area (Å²) in [4.78, 5) is 0. The summed E-state index contributed by atoms with van der Waals surface area (Å²) >= 11 is 0. The van der Waals surface area contributed by atoms with Crippen LogP contribution >= 0.6 is 0 Å². The third kappa shape index (κ3) is 4.85. The summed E-state index contributed by atoms with van der Waals surface area (Å²) in [5.41, 5.74) is 0.656. The molecule has 2 saturated heterocycles. The molecule has 6 atom stereocenters. The fourth-order valence-electron chi connectivity index (χ4n) is 6.76. The van der Waals surface area contributed by atoms with Crippen LogP contribution in [0, 0.1) is 5.41 Å². The minimum Gasteiger partial charge on any atom is -0.497 e. The van der Waals surface area contributed by atoms with Gasteiger partial charge < -0.3 is 28.5 Å². The zero-order chi connectivity index (χ0) is 26.2.